The van der Waals surface area contributed by atoms with Gasteiger partial charge in [-0.2, -0.15) is 0 Å². The van der Waals surface area contributed by atoms with E-state index in [2.05, 4.69) is 57.8 Å². The molecule has 2 aromatic rings. The van der Waals surface area contributed by atoms with Crippen molar-refractivity contribution in [1.82, 2.24) is 25.3 Å². The molecule has 1 fully saturated rings. The number of amides is 2. The highest BCUT2D eigenvalue weighted by atomic mass is 16.2. The number of hydrogen-bond donors (Lipinski definition) is 3. The second-order valence-corrected chi connectivity index (χ2v) is 10.3. The Morgan fingerprint density at radius 3 is 2.63 bits per heavy atom. The Balaban J connectivity index is 1.14. The highest BCUT2D eigenvalue weighted by molar-refractivity contribution is 5.98. The second-order valence-electron chi connectivity index (χ2n) is 10.3. The van der Waals surface area contributed by atoms with E-state index >= 15 is 0 Å². The van der Waals surface area contributed by atoms with Crippen molar-refractivity contribution >= 4 is 23.2 Å². The van der Waals surface area contributed by atoms with Crippen LogP contribution in [0, 0.1) is 0 Å². The van der Waals surface area contributed by atoms with Crippen LogP contribution in [-0.4, -0.2) is 64.9 Å². The molecule has 2 aromatic carbocycles. The van der Waals surface area contributed by atoms with Gasteiger partial charge in [-0.3, -0.25) is 14.5 Å². The average molecular weight is 511 g/mol. The van der Waals surface area contributed by atoms with Gasteiger partial charge in [0.05, 0.1) is 11.4 Å². The summed E-state index contributed by atoms with van der Waals surface area (Å²) < 4.78 is 0. The molecule has 0 spiro atoms. The predicted octanol–water partition coefficient (Wildman–Crippen LogP) is 3.54. The van der Waals surface area contributed by atoms with Gasteiger partial charge in [0, 0.05) is 68.0 Å². The fourth-order valence-electron chi connectivity index (χ4n) is 5.60. The van der Waals surface area contributed by atoms with Crippen LogP contribution in [0.4, 0.5) is 5.69 Å². The number of benzene rings is 2. The van der Waals surface area contributed by atoms with Crippen LogP contribution < -0.4 is 16.0 Å². The standard InChI is InChI=1S/C30H34N6O2/c1-3-20(2)34-14-16-35(17-15-34)30(38)21-4-7-24(8-5-21)33-26-10-11-27(36-13-12-31-28(26)36)22-6-9-25-23(18-22)19-32-29(25)37/h4-13,18,20,28,31,33H,3,14-17,19H2,1-2H3,(H,32,37). The Kier molecular flexibility index (Phi) is 6.41. The molecule has 8 heteroatoms. The number of hydrogen-bond acceptors (Lipinski definition) is 6. The Morgan fingerprint density at radius 2 is 1.87 bits per heavy atom. The summed E-state index contributed by atoms with van der Waals surface area (Å²) in [5.74, 6) is 0.0944. The average Bonchev–Trinajstić information content (AvgIpc) is 3.60. The van der Waals surface area contributed by atoms with Crippen LogP contribution in [0.3, 0.4) is 0 Å². The van der Waals surface area contributed by atoms with Crippen molar-refractivity contribution < 1.29 is 9.59 Å². The summed E-state index contributed by atoms with van der Waals surface area (Å²) in [4.78, 5) is 31.6. The molecule has 2 amide bonds. The topological polar surface area (TPSA) is 80.0 Å². The van der Waals surface area contributed by atoms with E-state index < -0.39 is 0 Å². The first-order chi connectivity index (χ1) is 18.5. The van der Waals surface area contributed by atoms with E-state index in [-0.39, 0.29) is 18.0 Å². The van der Waals surface area contributed by atoms with Crippen LogP contribution in [0.25, 0.3) is 5.70 Å². The van der Waals surface area contributed by atoms with Crippen LogP contribution in [-0.2, 0) is 6.54 Å². The quantitative estimate of drug-likeness (QED) is 0.552. The summed E-state index contributed by atoms with van der Waals surface area (Å²) in [6.07, 6.45) is 9.23. The fourth-order valence-corrected chi connectivity index (χ4v) is 5.60. The molecule has 2 unspecified atom stereocenters. The lowest BCUT2D eigenvalue weighted by Gasteiger charge is -2.37. The van der Waals surface area contributed by atoms with E-state index in [4.69, 9.17) is 0 Å². The Hall–Kier alpha value is -4.04. The third-order valence-electron chi connectivity index (χ3n) is 8.08. The van der Waals surface area contributed by atoms with Crippen molar-refractivity contribution in [3.05, 3.63) is 95.0 Å². The smallest absolute Gasteiger partial charge is 0.253 e. The lowest BCUT2D eigenvalue weighted by atomic mass is 10.0. The number of carbonyl (C=O) groups is 2. The second kappa shape index (κ2) is 10.0. The molecule has 38 heavy (non-hydrogen) atoms. The van der Waals surface area contributed by atoms with E-state index in [1.807, 2.05) is 53.7 Å². The number of nitrogens with one attached hydrogen (secondary N) is 3. The molecule has 1 saturated heterocycles. The van der Waals surface area contributed by atoms with Gasteiger partial charge in [-0.05, 0) is 73.0 Å². The van der Waals surface area contributed by atoms with Crippen LogP contribution >= 0.6 is 0 Å². The van der Waals surface area contributed by atoms with Gasteiger partial charge in [-0.15, -0.1) is 0 Å². The summed E-state index contributed by atoms with van der Waals surface area (Å²) in [6, 6.07) is 14.3. The van der Waals surface area contributed by atoms with Crippen LogP contribution in [0.5, 0.6) is 0 Å². The lowest BCUT2D eigenvalue weighted by molar-refractivity contribution is 0.0579. The number of fused-ring (bicyclic) bond motifs is 2. The van der Waals surface area contributed by atoms with Crippen molar-refractivity contribution in [2.45, 2.75) is 39.0 Å². The number of piperazine rings is 1. The maximum Gasteiger partial charge on any atom is 0.253 e. The van der Waals surface area contributed by atoms with E-state index in [0.717, 1.165) is 71.9 Å². The van der Waals surface area contributed by atoms with Gasteiger partial charge in [-0.25, -0.2) is 0 Å². The molecule has 6 rings (SSSR count). The SMILES string of the molecule is CCC(C)N1CCN(C(=O)c2ccc(NC3=CC=C(c4ccc5c(c4)CNC5=O)N4C=CNC34)cc2)CC1. The van der Waals surface area contributed by atoms with Gasteiger partial charge < -0.3 is 25.8 Å². The molecule has 4 heterocycles. The van der Waals surface area contributed by atoms with Crippen molar-refractivity contribution in [3.8, 4) is 0 Å². The van der Waals surface area contributed by atoms with Crippen LogP contribution in [0.2, 0.25) is 0 Å². The highest BCUT2D eigenvalue weighted by Crippen LogP contribution is 2.33. The van der Waals surface area contributed by atoms with E-state index in [1.54, 1.807) is 0 Å². The van der Waals surface area contributed by atoms with Crippen LogP contribution in [0.15, 0.2) is 72.7 Å². The summed E-state index contributed by atoms with van der Waals surface area (Å²) >= 11 is 0. The number of allylic oxidation sites excluding steroid dienone is 2. The number of nitrogens with zero attached hydrogens (tertiary/aromatic N) is 3. The zero-order chi connectivity index (χ0) is 26.2. The normalized spacial score (nSPS) is 21.2. The molecule has 0 aliphatic carbocycles. The monoisotopic (exact) mass is 510 g/mol. The van der Waals surface area contributed by atoms with Gasteiger partial charge in [-0.1, -0.05) is 13.0 Å². The number of carbonyl (C=O) groups excluding carboxylic acids is 2. The van der Waals surface area contributed by atoms with Crippen molar-refractivity contribution in [1.29, 1.82) is 0 Å². The van der Waals surface area contributed by atoms with E-state index in [1.165, 1.54) is 0 Å². The highest BCUT2D eigenvalue weighted by Gasteiger charge is 2.30. The molecule has 3 N–H and O–H groups in total. The molecule has 196 valence electrons. The van der Waals surface area contributed by atoms with E-state index in [9.17, 15) is 9.59 Å². The largest absolute Gasteiger partial charge is 0.365 e. The van der Waals surface area contributed by atoms with Crippen molar-refractivity contribution in [2.24, 2.45) is 0 Å². The third kappa shape index (κ3) is 4.45. The predicted molar refractivity (Wildman–Crippen MR) is 149 cm³/mol. The summed E-state index contributed by atoms with van der Waals surface area (Å²) in [5, 5.41) is 9.83. The third-order valence-corrected chi connectivity index (χ3v) is 8.08. The molecular formula is C30H34N6O2. The van der Waals surface area contributed by atoms with Gasteiger partial charge in [0.1, 0.15) is 6.17 Å². The van der Waals surface area contributed by atoms with E-state index in [0.29, 0.717) is 12.6 Å². The molecule has 0 bridgehead atoms. The maximum atomic E-state index is 13.1. The molecule has 0 aromatic heterocycles. The zero-order valence-electron chi connectivity index (χ0n) is 21.9. The number of rotatable bonds is 6. The minimum absolute atomic E-state index is 0.00642. The van der Waals surface area contributed by atoms with Crippen LogP contribution in [0.1, 0.15) is 52.1 Å². The van der Waals surface area contributed by atoms with Crippen molar-refractivity contribution in [3.63, 3.8) is 0 Å². The van der Waals surface area contributed by atoms with Gasteiger partial charge in [0.25, 0.3) is 11.8 Å². The molecular weight excluding hydrogens is 476 g/mol. The summed E-state index contributed by atoms with van der Waals surface area (Å²) in [7, 11) is 0. The molecule has 8 nitrogen and oxygen atoms in total. The minimum atomic E-state index is -0.0638. The van der Waals surface area contributed by atoms with Gasteiger partial charge >= 0.3 is 0 Å². The van der Waals surface area contributed by atoms with Crippen molar-refractivity contribution in [2.75, 3.05) is 31.5 Å². The lowest BCUT2D eigenvalue weighted by Crippen LogP contribution is -2.51. The fraction of sp³-hybridized carbons (Fsp3) is 0.333. The Bertz CT molecular complexity index is 1340. The molecule has 2 atom stereocenters. The first kappa shape index (κ1) is 24.3. The Labute approximate surface area is 223 Å². The summed E-state index contributed by atoms with van der Waals surface area (Å²) in [6.45, 7) is 8.46. The molecule has 4 aliphatic rings. The Morgan fingerprint density at radius 1 is 1.08 bits per heavy atom. The molecule has 0 saturated carbocycles. The number of anilines is 1. The summed E-state index contributed by atoms with van der Waals surface area (Å²) in [5.41, 5.74) is 6.59. The first-order valence-corrected chi connectivity index (χ1v) is 13.5. The van der Waals surface area contributed by atoms with Gasteiger partial charge in [0.2, 0.25) is 0 Å². The molecule has 4 aliphatic heterocycles. The zero-order valence-corrected chi connectivity index (χ0v) is 21.9. The minimum Gasteiger partial charge on any atom is -0.365 e. The first-order valence-electron chi connectivity index (χ1n) is 13.5. The molecule has 0 radical (unpaired) electrons. The maximum absolute atomic E-state index is 13.1. The van der Waals surface area contributed by atoms with Gasteiger partial charge in [0.15, 0.2) is 0 Å².